The highest BCUT2D eigenvalue weighted by Gasteiger charge is 2.31. The smallest absolute Gasteiger partial charge is 0.262 e. The van der Waals surface area contributed by atoms with Gasteiger partial charge in [0.25, 0.3) is 10.0 Å². The predicted octanol–water partition coefficient (Wildman–Crippen LogP) is 1.98. The number of sulfonamides is 1. The van der Waals surface area contributed by atoms with Gasteiger partial charge in [-0.2, -0.15) is 4.31 Å². The van der Waals surface area contributed by atoms with E-state index in [4.69, 9.17) is 0 Å². The van der Waals surface area contributed by atoms with Gasteiger partial charge in [-0.1, -0.05) is 19.9 Å². The van der Waals surface area contributed by atoms with E-state index in [1.165, 1.54) is 4.31 Å². The van der Waals surface area contributed by atoms with Crippen molar-refractivity contribution in [2.75, 3.05) is 36.4 Å². The molecule has 0 spiro atoms. The zero-order chi connectivity index (χ0) is 22.0. The summed E-state index contributed by atoms with van der Waals surface area (Å²) < 4.78 is 29.3. The Balaban J connectivity index is 1.39. The molecule has 0 bridgehead atoms. The summed E-state index contributed by atoms with van der Waals surface area (Å²) in [7, 11) is -1.80. The molecule has 3 aromatic rings. The normalized spacial score (nSPS) is 15.4. The maximum absolute atomic E-state index is 13.0. The monoisotopic (exact) mass is 442 g/mol. The lowest BCUT2D eigenvalue weighted by Gasteiger charge is -2.34. The van der Waals surface area contributed by atoms with E-state index in [2.05, 4.69) is 25.5 Å². The van der Waals surface area contributed by atoms with Crippen molar-refractivity contribution in [2.24, 2.45) is 7.05 Å². The highest BCUT2D eigenvalue weighted by Crippen LogP contribution is 2.22. The molecule has 4 heterocycles. The van der Waals surface area contributed by atoms with Crippen LogP contribution in [-0.4, -0.2) is 63.6 Å². The summed E-state index contributed by atoms with van der Waals surface area (Å²) in [6.45, 7) is 5.79. The Labute approximate surface area is 182 Å². The fourth-order valence-corrected chi connectivity index (χ4v) is 4.94. The number of piperazine rings is 1. The molecule has 10 nitrogen and oxygen atoms in total. The predicted molar refractivity (Wildman–Crippen MR) is 118 cm³/mol. The van der Waals surface area contributed by atoms with Crippen molar-refractivity contribution < 1.29 is 8.42 Å². The topological polar surface area (TPSA) is 109 Å². The first-order chi connectivity index (χ1) is 14.8. The van der Waals surface area contributed by atoms with Crippen LogP contribution in [0.3, 0.4) is 0 Å². The van der Waals surface area contributed by atoms with Crippen molar-refractivity contribution in [1.82, 2.24) is 29.0 Å². The summed E-state index contributed by atoms with van der Waals surface area (Å²) in [5.41, 5.74) is 0. The zero-order valence-electron chi connectivity index (χ0n) is 17.8. The van der Waals surface area contributed by atoms with Crippen LogP contribution in [-0.2, 0) is 17.1 Å². The minimum Gasteiger partial charge on any atom is -0.352 e. The average molecular weight is 443 g/mol. The molecule has 11 heteroatoms. The fourth-order valence-electron chi connectivity index (χ4n) is 3.53. The van der Waals surface area contributed by atoms with Crippen LogP contribution in [0.2, 0.25) is 0 Å². The molecule has 1 fully saturated rings. The van der Waals surface area contributed by atoms with E-state index in [1.807, 2.05) is 56.1 Å². The lowest BCUT2D eigenvalue weighted by atomic mass is 10.2. The summed E-state index contributed by atoms with van der Waals surface area (Å²) in [6.07, 6.45) is 3.29. The molecule has 31 heavy (non-hydrogen) atoms. The van der Waals surface area contributed by atoms with Gasteiger partial charge in [0.15, 0.2) is 16.7 Å². The highest BCUT2D eigenvalue weighted by molar-refractivity contribution is 7.89. The van der Waals surface area contributed by atoms with E-state index < -0.39 is 10.0 Å². The standard InChI is InChI=1S/C20H26N8O2S/c1-15(2)20-23-19(14-26(20)3)31(29,30)28-12-10-27(11-13-28)18-8-7-17(24-25-18)22-16-6-4-5-9-21-16/h4-9,14-15H,10-13H2,1-3H3,(H,21,22,24). The van der Waals surface area contributed by atoms with E-state index in [-0.39, 0.29) is 10.9 Å². The summed E-state index contributed by atoms with van der Waals surface area (Å²) >= 11 is 0. The van der Waals surface area contributed by atoms with Crippen molar-refractivity contribution in [3.8, 4) is 0 Å². The van der Waals surface area contributed by atoms with Crippen LogP contribution < -0.4 is 10.2 Å². The lowest BCUT2D eigenvalue weighted by Crippen LogP contribution is -2.49. The maximum Gasteiger partial charge on any atom is 0.262 e. The van der Waals surface area contributed by atoms with E-state index >= 15 is 0 Å². The number of hydrogen-bond donors (Lipinski definition) is 1. The summed E-state index contributed by atoms with van der Waals surface area (Å²) in [5, 5.41) is 11.7. The molecular weight excluding hydrogens is 416 g/mol. The minimum absolute atomic E-state index is 0.108. The van der Waals surface area contributed by atoms with Crippen LogP contribution in [0.5, 0.6) is 0 Å². The average Bonchev–Trinajstić information content (AvgIpc) is 3.18. The Bertz CT molecular complexity index is 1120. The van der Waals surface area contributed by atoms with Crippen LogP contribution in [0.4, 0.5) is 17.5 Å². The van der Waals surface area contributed by atoms with E-state index in [9.17, 15) is 8.42 Å². The number of anilines is 3. The molecular formula is C20H26N8O2S. The van der Waals surface area contributed by atoms with Crippen molar-refractivity contribution in [3.05, 3.63) is 48.5 Å². The number of nitrogens with one attached hydrogen (secondary N) is 1. The quantitative estimate of drug-likeness (QED) is 0.617. The molecule has 3 aromatic heterocycles. The number of imidazole rings is 1. The van der Waals surface area contributed by atoms with Gasteiger partial charge in [-0.15, -0.1) is 10.2 Å². The Morgan fingerprint density at radius 2 is 1.77 bits per heavy atom. The molecule has 0 radical (unpaired) electrons. The third-order valence-electron chi connectivity index (χ3n) is 5.14. The molecule has 0 atom stereocenters. The molecule has 0 amide bonds. The molecule has 1 N–H and O–H groups in total. The number of hydrogen-bond acceptors (Lipinski definition) is 8. The van der Waals surface area contributed by atoms with E-state index in [0.29, 0.717) is 43.6 Å². The minimum atomic E-state index is -3.62. The van der Waals surface area contributed by atoms with E-state index in [0.717, 1.165) is 5.82 Å². The molecule has 0 saturated carbocycles. The highest BCUT2D eigenvalue weighted by atomic mass is 32.2. The zero-order valence-corrected chi connectivity index (χ0v) is 18.6. The maximum atomic E-state index is 13.0. The molecule has 1 aliphatic rings. The molecule has 1 saturated heterocycles. The van der Waals surface area contributed by atoms with Gasteiger partial charge in [-0.25, -0.2) is 18.4 Å². The lowest BCUT2D eigenvalue weighted by molar-refractivity contribution is 0.382. The third kappa shape index (κ3) is 4.52. The second-order valence-electron chi connectivity index (χ2n) is 7.71. The Morgan fingerprint density at radius 1 is 1.00 bits per heavy atom. The van der Waals surface area contributed by atoms with Crippen molar-refractivity contribution in [3.63, 3.8) is 0 Å². The van der Waals surface area contributed by atoms with Crippen molar-refractivity contribution in [2.45, 2.75) is 24.8 Å². The molecule has 0 unspecified atom stereocenters. The second kappa shape index (κ2) is 8.60. The first-order valence-electron chi connectivity index (χ1n) is 10.1. The number of rotatable bonds is 6. The molecule has 0 aliphatic carbocycles. The van der Waals surface area contributed by atoms with Gasteiger partial charge in [0.05, 0.1) is 0 Å². The molecule has 0 aromatic carbocycles. The molecule has 164 valence electrons. The van der Waals surface area contributed by atoms with Gasteiger partial charge >= 0.3 is 0 Å². The number of aryl methyl sites for hydroxylation is 1. The second-order valence-corrected chi connectivity index (χ2v) is 9.60. The largest absolute Gasteiger partial charge is 0.352 e. The van der Waals surface area contributed by atoms with Crippen LogP contribution in [0.25, 0.3) is 0 Å². The van der Waals surface area contributed by atoms with E-state index in [1.54, 1.807) is 17.0 Å². The Kier molecular flexibility index (Phi) is 5.88. The van der Waals surface area contributed by atoms with Gasteiger partial charge in [-0.05, 0) is 24.3 Å². The first kappa shape index (κ1) is 21.2. The van der Waals surface area contributed by atoms with Gasteiger partial charge in [0.1, 0.15) is 11.6 Å². The number of pyridine rings is 1. The molecule has 1 aliphatic heterocycles. The number of nitrogens with zero attached hydrogens (tertiary/aromatic N) is 7. The number of aromatic nitrogens is 5. The van der Waals surface area contributed by atoms with Gasteiger partial charge in [0.2, 0.25) is 0 Å². The van der Waals surface area contributed by atoms with Crippen molar-refractivity contribution in [1.29, 1.82) is 0 Å². The fraction of sp³-hybridized carbons (Fsp3) is 0.400. The van der Waals surface area contributed by atoms with Gasteiger partial charge < -0.3 is 14.8 Å². The molecule has 4 rings (SSSR count). The van der Waals surface area contributed by atoms with Crippen molar-refractivity contribution >= 4 is 27.5 Å². The summed E-state index contributed by atoms with van der Waals surface area (Å²) in [4.78, 5) is 10.6. The first-order valence-corrected chi connectivity index (χ1v) is 11.6. The summed E-state index contributed by atoms with van der Waals surface area (Å²) in [5.74, 6) is 2.91. The third-order valence-corrected chi connectivity index (χ3v) is 6.92. The van der Waals surface area contributed by atoms with Crippen LogP contribution >= 0.6 is 0 Å². The van der Waals surface area contributed by atoms with Crippen LogP contribution in [0.1, 0.15) is 25.6 Å². The summed E-state index contributed by atoms with van der Waals surface area (Å²) in [6, 6.07) is 9.29. The SMILES string of the molecule is CC(C)c1nc(S(=O)(=O)N2CCN(c3ccc(Nc4ccccn4)nn3)CC2)cn1C. The van der Waals surface area contributed by atoms with Gasteiger partial charge in [-0.3, -0.25) is 0 Å². The Hall–Kier alpha value is -3.05. The van der Waals surface area contributed by atoms with Crippen LogP contribution in [0, 0.1) is 0 Å². The Morgan fingerprint density at radius 3 is 2.35 bits per heavy atom. The van der Waals surface area contributed by atoms with Gasteiger partial charge in [0, 0.05) is 51.5 Å². The van der Waals surface area contributed by atoms with Crippen LogP contribution in [0.15, 0.2) is 47.8 Å².